The second-order valence-corrected chi connectivity index (χ2v) is 4.66. The van der Waals surface area contributed by atoms with Crippen LogP contribution in [0.1, 0.15) is 0 Å². The Hall–Kier alpha value is -1.11. The third-order valence-electron chi connectivity index (χ3n) is 1.33. The first-order valence-electron chi connectivity index (χ1n) is 3.24. The topological polar surface area (TPSA) is 82.9 Å². The maximum Gasteiger partial charge on any atom is 0.264 e. The number of rotatable bonds is 2. The van der Waals surface area contributed by atoms with Gasteiger partial charge < -0.3 is 0 Å². The molecule has 0 aliphatic rings. The highest BCUT2D eigenvalue weighted by molar-refractivity contribution is 9.10. The Kier molecular flexibility index (Phi) is 3.10. The van der Waals surface area contributed by atoms with E-state index < -0.39 is 15.8 Å². The number of hydrogen-bond acceptors (Lipinski definition) is 2. The summed E-state index contributed by atoms with van der Waals surface area (Å²) in [6, 6.07) is 3.13. The molecule has 0 aliphatic carbocycles. The molecule has 1 rings (SSSR count). The fourth-order valence-electron chi connectivity index (χ4n) is 0.733. The number of nitrogens with zero attached hydrogens (tertiary/aromatic N) is 3. The van der Waals surface area contributed by atoms with Crippen molar-refractivity contribution in [1.82, 2.24) is 0 Å². The first-order valence-corrected chi connectivity index (χ1v) is 5.47. The SMILES string of the molecule is [N-]=[N+]=NS(=O)(=O)c1ccc(Br)c(F)c1. The largest absolute Gasteiger partial charge is 0.264 e. The number of sulfonamides is 1. The highest BCUT2D eigenvalue weighted by atomic mass is 79.9. The summed E-state index contributed by atoms with van der Waals surface area (Å²) < 4.78 is 37.8. The van der Waals surface area contributed by atoms with E-state index in [0.29, 0.717) is 0 Å². The predicted molar refractivity (Wildman–Crippen MR) is 50.4 cm³/mol. The molecule has 0 spiro atoms. The molecule has 0 unspecified atom stereocenters. The van der Waals surface area contributed by atoms with Crippen LogP contribution in [0.2, 0.25) is 0 Å². The van der Waals surface area contributed by atoms with Gasteiger partial charge in [0.15, 0.2) is 0 Å². The lowest BCUT2D eigenvalue weighted by Crippen LogP contribution is -1.95. The Labute approximate surface area is 87.4 Å². The standard InChI is InChI=1S/C6H3BrFN3O2S/c7-5-2-1-4(3-6(5)8)14(12,13)11-10-9/h1-3H. The summed E-state index contributed by atoms with van der Waals surface area (Å²) in [5.41, 5.74) is 7.96. The fourth-order valence-corrected chi connectivity index (χ4v) is 1.66. The van der Waals surface area contributed by atoms with E-state index in [1.807, 2.05) is 0 Å². The van der Waals surface area contributed by atoms with E-state index in [1.54, 1.807) is 0 Å². The summed E-state index contributed by atoms with van der Waals surface area (Å²) in [5, 5.41) is 0. The van der Waals surface area contributed by atoms with Crippen LogP contribution in [0.5, 0.6) is 0 Å². The lowest BCUT2D eigenvalue weighted by molar-refractivity contribution is 0.590. The smallest absolute Gasteiger partial charge is 0.216 e. The third kappa shape index (κ3) is 2.22. The molecule has 0 heterocycles. The Morgan fingerprint density at radius 3 is 2.64 bits per heavy atom. The summed E-state index contributed by atoms with van der Waals surface area (Å²) in [4.78, 5) is 1.76. The molecule has 5 nitrogen and oxygen atoms in total. The van der Waals surface area contributed by atoms with Crippen molar-refractivity contribution in [3.05, 3.63) is 38.9 Å². The minimum Gasteiger partial charge on any atom is -0.216 e. The van der Waals surface area contributed by atoms with Gasteiger partial charge in [-0.25, -0.2) is 12.8 Å². The molecule has 0 N–H and O–H groups in total. The number of halogens is 2. The van der Waals surface area contributed by atoms with Crippen molar-refractivity contribution < 1.29 is 12.8 Å². The van der Waals surface area contributed by atoms with Crippen LogP contribution in [0.3, 0.4) is 0 Å². The van der Waals surface area contributed by atoms with E-state index in [2.05, 4.69) is 25.4 Å². The zero-order valence-corrected chi connectivity index (χ0v) is 8.96. The molecule has 0 radical (unpaired) electrons. The second-order valence-electron chi connectivity index (χ2n) is 2.22. The Morgan fingerprint density at radius 2 is 2.14 bits per heavy atom. The van der Waals surface area contributed by atoms with E-state index in [1.165, 1.54) is 6.07 Å². The first kappa shape index (κ1) is 11.0. The Balaban J connectivity index is 3.35. The highest BCUT2D eigenvalue weighted by Gasteiger charge is 2.13. The molecule has 74 valence electrons. The predicted octanol–water partition coefficient (Wildman–Crippen LogP) is 2.59. The van der Waals surface area contributed by atoms with Crippen LogP contribution in [-0.2, 0) is 10.0 Å². The molecule has 0 saturated heterocycles. The van der Waals surface area contributed by atoms with E-state index in [4.69, 9.17) is 5.53 Å². The summed E-state index contributed by atoms with van der Waals surface area (Å²) in [5.74, 6) is -0.737. The highest BCUT2D eigenvalue weighted by Crippen LogP contribution is 2.20. The Bertz CT molecular complexity index is 510. The van der Waals surface area contributed by atoms with Gasteiger partial charge in [0.1, 0.15) is 5.82 Å². The van der Waals surface area contributed by atoms with Crippen LogP contribution < -0.4 is 0 Å². The van der Waals surface area contributed by atoms with Gasteiger partial charge in [0, 0.05) is 9.43 Å². The van der Waals surface area contributed by atoms with Crippen molar-refractivity contribution >= 4 is 26.0 Å². The maximum atomic E-state index is 12.9. The van der Waals surface area contributed by atoms with Gasteiger partial charge >= 0.3 is 0 Å². The van der Waals surface area contributed by atoms with Crippen molar-refractivity contribution in [3.63, 3.8) is 0 Å². The van der Waals surface area contributed by atoms with E-state index in [9.17, 15) is 12.8 Å². The van der Waals surface area contributed by atoms with E-state index in [0.717, 1.165) is 12.1 Å². The van der Waals surface area contributed by atoms with E-state index >= 15 is 0 Å². The number of hydrogen-bond donors (Lipinski definition) is 0. The molecular formula is C6H3BrFN3O2S. The maximum absolute atomic E-state index is 12.9. The molecule has 1 aromatic carbocycles. The molecule has 0 atom stereocenters. The van der Waals surface area contributed by atoms with Crippen molar-refractivity contribution in [2.24, 2.45) is 4.52 Å². The third-order valence-corrected chi connectivity index (χ3v) is 3.11. The summed E-state index contributed by atoms with van der Waals surface area (Å²) in [7, 11) is -4.10. The van der Waals surface area contributed by atoms with Crippen LogP contribution in [0.25, 0.3) is 10.4 Å². The molecule has 0 aliphatic heterocycles. The van der Waals surface area contributed by atoms with Crippen LogP contribution in [0.15, 0.2) is 32.1 Å². The first-order chi connectivity index (χ1) is 6.47. The zero-order valence-electron chi connectivity index (χ0n) is 6.55. The van der Waals surface area contributed by atoms with Crippen LogP contribution in [-0.4, -0.2) is 8.42 Å². The summed E-state index contributed by atoms with van der Waals surface area (Å²) in [6.45, 7) is 0. The van der Waals surface area contributed by atoms with Gasteiger partial charge in [-0.2, -0.15) is 0 Å². The average Bonchev–Trinajstić information content (AvgIpc) is 2.09. The summed E-state index contributed by atoms with van der Waals surface area (Å²) in [6.07, 6.45) is 0. The zero-order chi connectivity index (χ0) is 10.8. The van der Waals surface area contributed by atoms with Crippen LogP contribution >= 0.6 is 15.9 Å². The van der Waals surface area contributed by atoms with Crippen molar-refractivity contribution in [1.29, 1.82) is 0 Å². The minimum absolute atomic E-state index is 0.136. The van der Waals surface area contributed by atoms with Crippen molar-refractivity contribution in [2.45, 2.75) is 4.90 Å². The van der Waals surface area contributed by atoms with Crippen LogP contribution in [0.4, 0.5) is 4.39 Å². The van der Waals surface area contributed by atoms with Gasteiger partial charge in [-0.1, -0.05) is 0 Å². The van der Waals surface area contributed by atoms with Gasteiger partial charge in [0.05, 0.1) is 9.37 Å². The molecule has 1 aromatic rings. The van der Waals surface area contributed by atoms with Gasteiger partial charge in [-0.3, -0.25) is 0 Å². The number of benzene rings is 1. The lowest BCUT2D eigenvalue weighted by Gasteiger charge is -1.98. The molecule has 0 bridgehead atoms. The molecular weight excluding hydrogens is 277 g/mol. The number of azide groups is 1. The molecule has 8 heteroatoms. The van der Waals surface area contributed by atoms with E-state index in [-0.39, 0.29) is 9.37 Å². The lowest BCUT2D eigenvalue weighted by atomic mass is 10.3. The molecule has 0 fully saturated rings. The van der Waals surface area contributed by atoms with Crippen molar-refractivity contribution in [2.75, 3.05) is 0 Å². The van der Waals surface area contributed by atoms with Gasteiger partial charge in [-0.05, 0) is 39.7 Å². The quantitative estimate of drug-likeness (QED) is 0.474. The average molecular weight is 280 g/mol. The van der Waals surface area contributed by atoms with Gasteiger partial charge in [-0.15, -0.1) is 0 Å². The molecule has 0 amide bonds. The minimum atomic E-state index is -4.10. The molecule has 0 aromatic heterocycles. The molecule has 0 saturated carbocycles. The monoisotopic (exact) mass is 279 g/mol. The normalized spacial score (nSPS) is 10.7. The van der Waals surface area contributed by atoms with Crippen molar-refractivity contribution in [3.8, 4) is 0 Å². The van der Waals surface area contributed by atoms with Crippen LogP contribution in [0, 0.1) is 5.82 Å². The van der Waals surface area contributed by atoms with Gasteiger partial charge in [0.2, 0.25) is 0 Å². The van der Waals surface area contributed by atoms with Gasteiger partial charge in [0.25, 0.3) is 10.0 Å². The summed E-state index contributed by atoms with van der Waals surface area (Å²) >= 11 is 2.86. The Morgan fingerprint density at radius 1 is 1.50 bits per heavy atom. The second kappa shape index (κ2) is 3.95. The fraction of sp³-hybridized carbons (Fsp3) is 0. The molecule has 14 heavy (non-hydrogen) atoms.